The molecule has 0 bridgehead atoms. The zero-order chi connectivity index (χ0) is 14.5. The molecule has 0 saturated carbocycles. The summed E-state index contributed by atoms with van der Waals surface area (Å²) in [5, 5.41) is 5.59. The first-order valence-corrected chi connectivity index (χ1v) is 6.49. The highest BCUT2D eigenvalue weighted by Crippen LogP contribution is 2.17. The third-order valence-electron chi connectivity index (χ3n) is 3.26. The van der Waals surface area contributed by atoms with Gasteiger partial charge in [0.1, 0.15) is 5.82 Å². The number of nitrogens with one attached hydrogen (secondary N) is 2. The Morgan fingerprint density at radius 2 is 2.16 bits per heavy atom. The molecule has 0 saturated heterocycles. The standard InChI is InChI=1S/C14H22FN3O/c1-5-14(3,4)9-17-13(19)18-10(2)11-6-12(15)8-16-7-11/h6-8,10H,5,9H2,1-4H3,(H2,17,18,19)/t10-/m1/s1. The maximum Gasteiger partial charge on any atom is 0.315 e. The number of hydrogen-bond acceptors (Lipinski definition) is 2. The zero-order valence-corrected chi connectivity index (χ0v) is 12.0. The lowest BCUT2D eigenvalue weighted by Gasteiger charge is -2.23. The molecule has 19 heavy (non-hydrogen) atoms. The van der Waals surface area contributed by atoms with Crippen LogP contribution >= 0.6 is 0 Å². The van der Waals surface area contributed by atoms with Crippen molar-refractivity contribution in [2.24, 2.45) is 5.41 Å². The first kappa shape index (κ1) is 15.4. The average Bonchev–Trinajstić information content (AvgIpc) is 2.36. The van der Waals surface area contributed by atoms with Crippen LogP contribution in [0.15, 0.2) is 18.5 Å². The fourth-order valence-corrected chi connectivity index (χ4v) is 1.44. The molecule has 0 spiro atoms. The quantitative estimate of drug-likeness (QED) is 0.861. The van der Waals surface area contributed by atoms with Crippen LogP contribution in [0.25, 0.3) is 0 Å². The topological polar surface area (TPSA) is 54.0 Å². The Bertz CT molecular complexity index is 434. The SMILES string of the molecule is CCC(C)(C)CNC(=O)N[C@H](C)c1cncc(F)c1. The van der Waals surface area contributed by atoms with Crippen molar-refractivity contribution in [2.75, 3.05) is 6.54 Å². The van der Waals surface area contributed by atoms with E-state index in [1.54, 1.807) is 13.1 Å². The van der Waals surface area contributed by atoms with E-state index in [9.17, 15) is 9.18 Å². The first-order chi connectivity index (χ1) is 8.84. The Balaban J connectivity index is 2.49. The Morgan fingerprint density at radius 3 is 2.74 bits per heavy atom. The average molecular weight is 267 g/mol. The van der Waals surface area contributed by atoms with Crippen LogP contribution in [-0.2, 0) is 0 Å². The van der Waals surface area contributed by atoms with Crippen molar-refractivity contribution >= 4 is 6.03 Å². The normalized spacial score (nSPS) is 12.9. The third kappa shape index (κ3) is 5.24. The molecule has 2 amide bonds. The Kier molecular flexibility index (Phi) is 5.27. The largest absolute Gasteiger partial charge is 0.338 e. The summed E-state index contributed by atoms with van der Waals surface area (Å²) in [6, 6.07) is 0.833. The maximum atomic E-state index is 13.0. The molecular formula is C14H22FN3O. The number of amides is 2. The van der Waals surface area contributed by atoms with Gasteiger partial charge in [-0.1, -0.05) is 20.8 Å². The summed E-state index contributed by atoms with van der Waals surface area (Å²) in [5.41, 5.74) is 0.714. The molecule has 1 aromatic heterocycles. The summed E-state index contributed by atoms with van der Waals surface area (Å²) in [5.74, 6) is -0.404. The van der Waals surface area contributed by atoms with E-state index in [2.05, 4.69) is 36.4 Å². The van der Waals surface area contributed by atoms with Gasteiger partial charge in [0.2, 0.25) is 0 Å². The van der Waals surface area contributed by atoms with Gasteiger partial charge in [0.05, 0.1) is 12.2 Å². The molecule has 1 rings (SSSR count). The van der Waals surface area contributed by atoms with Crippen molar-refractivity contribution in [1.82, 2.24) is 15.6 Å². The maximum absolute atomic E-state index is 13.0. The number of urea groups is 1. The number of aromatic nitrogens is 1. The summed E-state index contributed by atoms with van der Waals surface area (Å²) in [4.78, 5) is 15.5. The second kappa shape index (κ2) is 6.50. The van der Waals surface area contributed by atoms with Gasteiger partial charge in [-0.3, -0.25) is 4.98 Å². The molecule has 0 aliphatic rings. The highest BCUT2D eigenvalue weighted by molar-refractivity contribution is 5.74. The van der Waals surface area contributed by atoms with Crippen LogP contribution in [0.3, 0.4) is 0 Å². The van der Waals surface area contributed by atoms with E-state index < -0.39 is 5.82 Å². The van der Waals surface area contributed by atoms with E-state index in [-0.39, 0.29) is 17.5 Å². The van der Waals surface area contributed by atoms with Crippen LogP contribution < -0.4 is 10.6 Å². The van der Waals surface area contributed by atoms with Crippen LogP contribution in [-0.4, -0.2) is 17.6 Å². The summed E-state index contributed by atoms with van der Waals surface area (Å²) >= 11 is 0. The van der Waals surface area contributed by atoms with E-state index in [0.717, 1.165) is 12.6 Å². The third-order valence-corrected chi connectivity index (χ3v) is 3.26. The van der Waals surface area contributed by atoms with Gasteiger partial charge in [0.25, 0.3) is 0 Å². The lowest BCUT2D eigenvalue weighted by Crippen LogP contribution is -2.41. The summed E-state index contributed by atoms with van der Waals surface area (Å²) < 4.78 is 13.0. The lowest BCUT2D eigenvalue weighted by atomic mass is 9.90. The Morgan fingerprint density at radius 1 is 1.47 bits per heavy atom. The van der Waals surface area contributed by atoms with E-state index >= 15 is 0 Å². The second-order valence-electron chi connectivity index (χ2n) is 5.50. The van der Waals surface area contributed by atoms with Gasteiger partial charge in [-0.05, 0) is 30.4 Å². The van der Waals surface area contributed by atoms with Crippen LogP contribution in [0.4, 0.5) is 9.18 Å². The minimum absolute atomic E-state index is 0.0704. The van der Waals surface area contributed by atoms with E-state index in [1.165, 1.54) is 6.07 Å². The van der Waals surface area contributed by atoms with Crippen LogP contribution in [0.5, 0.6) is 0 Å². The lowest BCUT2D eigenvalue weighted by molar-refractivity contribution is 0.230. The number of rotatable bonds is 5. The molecule has 1 aromatic rings. The summed E-state index contributed by atoms with van der Waals surface area (Å²) in [6.45, 7) is 8.66. The van der Waals surface area contributed by atoms with Gasteiger partial charge in [-0.15, -0.1) is 0 Å². The van der Waals surface area contributed by atoms with E-state index in [4.69, 9.17) is 0 Å². The molecule has 1 heterocycles. The molecule has 0 aliphatic heterocycles. The molecule has 106 valence electrons. The van der Waals surface area contributed by atoms with Crippen molar-refractivity contribution in [3.63, 3.8) is 0 Å². The van der Waals surface area contributed by atoms with Crippen molar-refractivity contribution in [3.05, 3.63) is 29.8 Å². The van der Waals surface area contributed by atoms with Crippen molar-refractivity contribution in [3.8, 4) is 0 Å². The summed E-state index contributed by atoms with van der Waals surface area (Å²) in [6.07, 6.45) is 3.67. The molecule has 0 fully saturated rings. The minimum Gasteiger partial charge on any atom is -0.338 e. The van der Waals surface area contributed by atoms with Crippen LogP contribution in [0.2, 0.25) is 0 Å². The highest BCUT2D eigenvalue weighted by atomic mass is 19.1. The zero-order valence-electron chi connectivity index (χ0n) is 12.0. The molecule has 4 nitrogen and oxygen atoms in total. The molecule has 2 N–H and O–H groups in total. The van der Waals surface area contributed by atoms with Crippen LogP contribution in [0.1, 0.15) is 45.7 Å². The van der Waals surface area contributed by atoms with Crippen LogP contribution in [0, 0.1) is 11.2 Å². The molecule has 1 atom stereocenters. The van der Waals surface area contributed by atoms with Crippen molar-refractivity contribution in [1.29, 1.82) is 0 Å². The first-order valence-electron chi connectivity index (χ1n) is 6.49. The van der Waals surface area contributed by atoms with Gasteiger partial charge in [0, 0.05) is 12.7 Å². The molecule has 0 radical (unpaired) electrons. The number of hydrogen-bond donors (Lipinski definition) is 2. The highest BCUT2D eigenvalue weighted by Gasteiger charge is 2.17. The monoisotopic (exact) mass is 267 g/mol. The number of carbonyl (C=O) groups excluding carboxylic acids is 1. The van der Waals surface area contributed by atoms with Gasteiger partial charge < -0.3 is 10.6 Å². The summed E-state index contributed by atoms with van der Waals surface area (Å²) in [7, 11) is 0. The van der Waals surface area contributed by atoms with Crippen molar-refractivity contribution < 1.29 is 9.18 Å². The van der Waals surface area contributed by atoms with Gasteiger partial charge in [0.15, 0.2) is 0 Å². The Labute approximate surface area is 113 Å². The van der Waals surface area contributed by atoms with E-state index in [0.29, 0.717) is 12.1 Å². The molecule has 0 aromatic carbocycles. The van der Waals surface area contributed by atoms with Gasteiger partial charge in [-0.2, -0.15) is 0 Å². The fraction of sp³-hybridized carbons (Fsp3) is 0.571. The number of carbonyl (C=O) groups is 1. The number of halogens is 1. The molecule has 0 unspecified atom stereocenters. The fourth-order valence-electron chi connectivity index (χ4n) is 1.44. The van der Waals surface area contributed by atoms with Crippen molar-refractivity contribution in [2.45, 2.75) is 40.2 Å². The predicted molar refractivity (Wildman–Crippen MR) is 73.2 cm³/mol. The predicted octanol–water partition coefficient (Wildman–Crippen LogP) is 3.02. The minimum atomic E-state index is -0.404. The van der Waals surface area contributed by atoms with Gasteiger partial charge in [-0.25, -0.2) is 9.18 Å². The number of pyridine rings is 1. The van der Waals surface area contributed by atoms with Gasteiger partial charge >= 0.3 is 6.03 Å². The van der Waals surface area contributed by atoms with E-state index in [1.807, 2.05) is 0 Å². The molecular weight excluding hydrogens is 245 g/mol. The molecule has 5 heteroatoms. The Hall–Kier alpha value is -1.65. The number of nitrogens with zero attached hydrogens (tertiary/aromatic N) is 1. The second-order valence-corrected chi connectivity index (χ2v) is 5.50. The molecule has 0 aliphatic carbocycles. The smallest absolute Gasteiger partial charge is 0.315 e.